The number of hydrogen-bond acceptors (Lipinski definition) is 2. The van der Waals surface area contributed by atoms with Gasteiger partial charge in [0.1, 0.15) is 0 Å². The highest BCUT2D eigenvalue weighted by Crippen LogP contribution is 2.32. The van der Waals surface area contributed by atoms with Crippen molar-refractivity contribution in [2.75, 3.05) is 6.54 Å². The minimum atomic E-state index is -0.0183. The summed E-state index contributed by atoms with van der Waals surface area (Å²) in [5.41, 5.74) is 7.98. The Bertz CT molecular complexity index is 535. The molecule has 1 fully saturated rings. The highest BCUT2D eigenvalue weighted by Gasteiger charge is 2.29. The average Bonchev–Trinajstić information content (AvgIpc) is 3.21. The normalized spacial score (nSPS) is 15.3. The molecule has 0 spiro atoms. The van der Waals surface area contributed by atoms with Crippen LogP contribution in [0.15, 0.2) is 18.2 Å². The number of carbonyl (C=O) groups excluding carboxylic acids is 1. The monoisotopic (exact) mass is 256 g/mol. The minimum absolute atomic E-state index is 0.0183. The van der Waals surface area contributed by atoms with Gasteiger partial charge in [-0.15, -0.1) is 0 Å². The largest absolute Gasteiger partial charge is 0.349 e. The average molecular weight is 256 g/mol. The Kier molecular flexibility index (Phi) is 4.24. The van der Waals surface area contributed by atoms with Gasteiger partial charge < -0.3 is 11.1 Å². The Labute approximate surface area is 114 Å². The van der Waals surface area contributed by atoms with E-state index in [9.17, 15) is 4.79 Å². The zero-order chi connectivity index (χ0) is 13.8. The maximum Gasteiger partial charge on any atom is 0.251 e. The van der Waals surface area contributed by atoms with Crippen molar-refractivity contribution in [1.29, 1.82) is 0 Å². The molecule has 3 N–H and O–H groups in total. The van der Waals surface area contributed by atoms with Gasteiger partial charge in [0.15, 0.2) is 0 Å². The summed E-state index contributed by atoms with van der Waals surface area (Å²) in [7, 11) is 0. The van der Waals surface area contributed by atoms with Crippen LogP contribution in [0.3, 0.4) is 0 Å². The number of rotatable bonds is 3. The number of nitrogens with two attached hydrogens (primary N) is 1. The van der Waals surface area contributed by atoms with E-state index in [0.29, 0.717) is 18.0 Å². The molecule has 19 heavy (non-hydrogen) atoms. The molecule has 1 amide bonds. The van der Waals surface area contributed by atoms with Crippen LogP contribution < -0.4 is 11.1 Å². The summed E-state index contributed by atoms with van der Waals surface area (Å²) in [5.74, 6) is 6.47. The Morgan fingerprint density at radius 3 is 2.89 bits per heavy atom. The summed E-state index contributed by atoms with van der Waals surface area (Å²) < 4.78 is 0. The van der Waals surface area contributed by atoms with E-state index in [4.69, 9.17) is 5.73 Å². The van der Waals surface area contributed by atoms with Gasteiger partial charge in [0.25, 0.3) is 5.91 Å². The number of carbonyl (C=O) groups is 1. The molecule has 0 aliphatic heterocycles. The maximum atomic E-state index is 12.1. The summed E-state index contributed by atoms with van der Waals surface area (Å²) in [6.45, 7) is 4.38. The van der Waals surface area contributed by atoms with Crippen molar-refractivity contribution >= 4 is 5.91 Å². The molecule has 0 saturated heterocycles. The Balaban J connectivity index is 2.12. The smallest absolute Gasteiger partial charge is 0.251 e. The van der Waals surface area contributed by atoms with Crippen LogP contribution >= 0.6 is 0 Å². The number of aryl methyl sites for hydroxylation is 1. The van der Waals surface area contributed by atoms with Crippen molar-refractivity contribution in [2.45, 2.75) is 32.7 Å². The minimum Gasteiger partial charge on any atom is -0.349 e. The van der Waals surface area contributed by atoms with Gasteiger partial charge in [0.2, 0.25) is 0 Å². The van der Waals surface area contributed by atoms with E-state index < -0.39 is 0 Å². The van der Waals surface area contributed by atoms with Gasteiger partial charge in [-0.1, -0.05) is 17.9 Å². The molecule has 1 unspecified atom stereocenters. The summed E-state index contributed by atoms with van der Waals surface area (Å²) in [5, 5.41) is 3.05. The molecule has 1 atom stereocenters. The molecule has 0 aromatic heterocycles. The van der Waals surface area contributed by atoms with E-state index >= 15 is 0 Å². The third-order valence-electron chi connectivity index (χ3n) is 3.51. The van der Waals surface area contributed by atoms with Crippen molar-refractivity contribution in [3.63, 3.8) is 0 Å². The zero-order valence-electron chi connectivity index (χ0n) is 11.5. The third kappa shape index (κ3) is 3.59. The van der Waals surface area contributed by atoms with Gasteiger partial charge in [-0.2, -0.15) is 0 Å². The molecule has 100 valence electrons. The molecule has 1 saturated carbocycles. The first-order chi connectivity index (χ1) is 9.11. The molecule has 0 radical (unpaired) electrons. The van der Waals surface area contributed by atoms with E-state index in [2.05, 4.69) is 24.1 Å². The van der Waals surface area contributed by atoms with Crippen LogP contribution in [0, 0.1) is 24.7 Å². The quantitative estimate of drug-likeness (QED) is 0.811. The second kappa shape index (κ2) is 5.90. The van der Waals surface area contributed by atoms with Crippen molar-refractivity contribution in [3.8, 4) is 11.8 Å². The Morgan fingerprint density at radius 1 is 1.53 bits per heavy atom. The second-order valence-corrected chi connectivity index (χ2v) is 5.14. The summed E-state index contributed by atoms with van der Waals surface area (Å²) in [4.78, 5) is 12.1. The molecular weight excluding hydrogens is 236 g/mol. The van der Waals surface area contributed by atoms with Crippen LogP contribution in [0.5, 0.6) is 0 Å². The number of amides is 1. The van der Waals surface area contributed by atoms with Gasteiger partial charge in [-0.25, -0.2) is 0 Å². The lowest BCUT2D eigenvalue weighted by Gasteiger charge is -2.13. The first-order valence-corrected chi connectivity index (χ1v) is 6.72. The molecule has 0 bridgehead atoms. The van der Waals surface area contributed by atoms with Gasteiger partial charge in [-0.3, -0.25) is 4.79 Å². The van der Waals surface area contributed by atoms with E-state index in [1.807, 2.05) is 25.1 Å². The van der Waals surface area contributed by atoms with Crippen LogP contribution in [0.1, 0.15) is 41.3 Å². The summed E-state index contributed by atoms with van der Waals surface area (Å²) in [6.07, 6.45) is 2.45. The fourth-order valence-electron chi connectivity index (χ4n) is 2.05. The molecule has 1 aliphatic rings. The summed E-state index contributed by atoms with van der Waals surface area (Å²) >= 11 is 0. The molecule has 1 aliphatic carbocycles. The highest BCUT2D eigenvalue weighted by molar-refractivity contribution is 5.94. The first kappa shape index (κ1) is 13.6. The van der Waals surface area contributed by atoms with Gasteiger partial charge in [-0.05, 0) is 50.3 Å². The van der Waals surface area contributed by atoms with Crippen molar-refractivity contribution in [2.24, 2.45) is 11.7 Å². The lowest BCUT2D eigenvalue weighted by Crippen LogP contribution is -2.34. The van der Waals surface area contributed by atoms with E-state index in [1.54, 1.807) is 0 Å². The Hall–Kier alpha value is -1.79. The van der Waals surface area contributed by atoms with Crippen molar-refractivity contribution < 1.29 is 4.79 Å². The molecule has 0 heterocycles. The van der Waals surface area contributed by atoms with Crippen molar-refractivity contribution in [3.05, 3.63) is 34.9 Å². The van der Waals surface area contributed by atoms with Gasteiger partial charge in [0, 0.05) is 17.2 Å². The lowest BCUT2D eigenvalue weighted by atomic mass is 10.0. The molecule has 3 heteroatoms. The highest BCUT2D eigenvalue weighted by atomic mass is 16.1. The molecule has 2 rings (SSSR count). The fourth-order valence-corrected chi connectivity index (χ4v) is 2.05. The van der Waals surface area contributed by atoms with E-state index in [1.165, 1.54) is 12.8 Å². The van der Waals surface area contributed by atoms with Crippen LogP contribution in [-0.4, -0.2) is 18.5 Å². The number of benzene rings is 1. The van der Waals surface area contributed by atoms with E-state index in [0.717, 1.165) is 11.1 Å². The van der Waals surface area contributed by atoms with Crippen LogP contribution in [0.2, 0.25) is 0 Å². The molecule has 3 nitrogen and oxygen atoms in total. The predicted octanol–water partition coefficient (Wildman–Crippen LogP) is 1.83. The predicted molar refractivity (Wildman–Crippen MR) is 76.8 cm³/mol. The topological polar surface area (TPSA) is 55.1 Å². The van der Waals surface area contributed by atoms with Crippen LogP contribution in [0.4, 0.5) is 0 Å². The first-order valence-electron chi connectivity index (χ1n) is 6.72. The standard InChI is InChI=1S/C16H20N2O/c1-11-5-6-15(10-14(11)4-3-9-17)16(19)18-12(2)13-7-8-13/h5-6,10,12-13H,7-9,17H2,1-2H3,(H,18,19). The van der Waals surface area contributed by atoms with Crippen LogP contribution in [0.25, 0.3) is 0 Å². The van der Waals surface area contributed by atoms with E-state index in [-0.39, 0.29) is 11.9 Å². The number of hydrogen-bond donors (Lipinski definition) is 2. The van der Waals surface area contributed by atoms with Crippen molar-refractivity contribution in [1.82, 2.24) is 5.32 Å². The number of nitrogens with one attached hydrogen (secondary N) is 1. The molecule has 1 aromatic rings. The molecule has 1 aromatic carbocycles. The van der Waals surface area contributed by atoms with Gasteiger partial charge >= 0.3 is 0 Å². The third-order valence-corrected chi connectivity index (χ3v) is 3.51. The maximum absolute atomic E-state index is 12.1. The Morgan fingerprint density at radius 2 is 2.26 bits per heavy atom. The summed E-state index contributed by atoms with van der Waals surface area (Å²) in [6, 6.07) is 5.87. The lowest BCUT2D eigenvalue weighted by molar-refractivity contribution is 0.0936. The second-order valence-electron chi connectivity index (χ2n) is 5.14. The molecular formula is C16H20N2O. The SMILES string of the molecule is Cc1ccc(C(=O)NC(C)C2CC2)cc1C#CCN. The fraction of sp³-hybridized carbons (Fsp3) is 0.438. The van der Waals surface area contributed by atoms with Crippen LogP contribution in [-0.2, 0) is 0 Å². The zero-order valence-corrected chi connectivity index (χ0v) is 11.5. The van der Waals surface area contributed by atoms with Gasteiger partial charge in [0.05, 0.1) is 6.54 Å².